The molecule has 2 heteroatoms. The molecule has 1 N–H and O–H groups in total. The molecule has 0 unspecified atom stereocenters. The Morgan fingerprint density at radius 2 is 1.93 bits per heavy atom. The molecule has 1 aliphatic carbocycles. The van der Waals surface area contributed by atoms with Crippen molar-refractivity contribution in [2.75, 3.05) is 0 Å². The highest BCUT2D eigenvalue weighted by molar-refractivity contribution is 5.96. The van der Waals surface area contributed by atoms with Crippen LogP contribution in [-0.4, -0.2) is 5.71 Å². The highest BCUT2D eigenvalue weighted by Crippen LogP contribution is 2.33. The Morgan fingerprint density at radius 3 is 2.87 bits per heavy atom. The first-order valence-corrected chi connectivity index (χ1v) is 5.06. The van der Waals surface area contributed by atoms with Crippen molar-refractivity contribution in [3.8, 4) is 5.75 Å². The number of nitrogens with one attached hydrogen (secondary N) is 1. The van der Waals surface area contributed by atoms with E-state index < -0.39 is 0 Å². The second-order valence-corrected chi connectivity index (χ2v) is 3.89. The van der Waals surface area contributed by atoms with Gasteiger partial charge in [-0.2, -0.15) is 0 Å². The fourth-order valence-corrected chi connectivity index (χ4v) is 2.02. The number of hydrogen-bond acceptors (Lipinski definition) is 2. The van der Waals surface area contributed by atoms with E-state index in [0.29, 0.717) is 5.71 Å². The number of ether oxygens (including phenoxy) is 1. The van der Waals surface area contributed by atoms with Gasteiger partial charge in [-0.3, -0.25) is 0 Å². The Balaban J connectivity index is 2.02. The van der Waals surface area contributed by atoms with Crippen LogP contribution in [0.25, 0.3) is 0 Å². The number of fused-ring (bicyclic) bond motifs is 1. The van der Waals surface area contributed by atoms with Crippen molar-refractivity contribution in [2.45, 2.75) is 12.8 Å². The molecule has 0 bridgehead atoms. The van der Waals surface area contributed by atoms with Gasteiger partial charge in [0.05, 0.1) is 0 Å². The minimum atomic E-state index is 0.664. The minimum Gasteiger partial charge on any atom is -0.457 e. The van der Waals surface area contributed by atoms with Gasteiger partial charge in [0.1, 0.15) is 11.5 Å². The largest absolute Gasteiger partial charge is 0.457 e. The van der Waals surface area contributed by atoms with Crippen LogP contribution in [0.15, 0.2) is 47.7 Å². The Labute approximate surface area is 88.4 Å². The predicted molar refractivity (Wildman–Crippen MR) is 59.3 cm³/mol. The average molecular weight is 197 g/mol. The van der Waals surface area contributed by atoms with Crippen molar-refractivity contribution in [1.29, 1.82) is 5.41 Å². The maximum atomic E-state index is 7.62. The summed E-state index contributed by atoms with van der Waals surface area (Å²) in [6.07, 6.45) is 5.35. The predicted octanol–water partition coefficient (Wildman–Crippen LogP) is 2.86. The van der Waals surface area contributed by atoms with E-state index in [-0.39, 0.29) is 0 Å². The molecule has 1 aromatic rings. The molecule has 1 aromatic carbocycles. The van der Waals surface area contributed by atoms with Crippen molar-refractivity contribution in [1.82, 2.24) is 0 Å². The average Bonchev–Trinajstić information content (AvgIpc) is 2.26. The molecule has 0 atom stereocenters. The first kappa shape index (κ1) is 8.48. The lowest BCUT2D eigenvalue weighted by Crippen LogP contribution is -2.14. The van der Waals surface area contributed by atoms with Gasteiger partial charge in [0.25, 0.3) is 0 Å². The Kier molecular flexibility index (Phi) is 1.75. The van der Waals surface area contributed by atoms with Gasteiger partial charge in [0.2, 0.25) is 0 Å². The quantitative estimate of drug-likeness (QED) is 0.681. The van der Waals surface area contributed by atoms with Crippen LogP contribution < -0.4 is 4.74 Å². The zero-order valence-corrected chi connectivity index (χ0v) is 8.29. The number of para-hydroxylation sites is 1. The Morgan fingerprint density at radius 1 is 1.07 bits per heavy atom. The lowest BCUT2D eigenvalue weighted by atomic mass is 9.93. The number of hydrogen-bond donors (Lipinski definition) is 1. The van der Waals surface area contributed by atoms with Crippen LogP contribution in [0.2, 0.25) is 0 Å². The molecule has 0 aromatic heterocycles. The van der Waals surface area contributed by atoms with Crippen LogP contribution in [0.4, 0.5) is 0 Å². The lowest BCUT2D eigenvalue weighted by molar-refractivity contribution is 0.417. The summed E-state index contributed by atoms with van der Waals surface area (Å²) in [7, 11) is 0. The van der Waals surface area contributed by atoms with Gasteiger partial charge in [0.15, 0.2) is 0 Å². The van der Waals surface area contributed by atoms with Gasteiger partial charge in [0, 0.05) is 18.6 Å². The van der Waals surface area contributed by atoms with Gasteiger partial charge >= 0.3 is 0 Å². The topological polar surface area (TPSA) is 33.1 Å². The van der Waals surface area contributed by atoms with Crippen LogP contribution in [0.1, 0.15) is 12.0 Å². The summed E-state index contributed by atoms with van der Waals surface area (Å²) in [5.41, 5.74) is 3.11. The molecule has 2 aliphatic rings. The third kappa shape index (κ3) is 1.38. The van der Waals surface area contributed by atoms with E-state index in [1.165, 1.54) is 11.1 Å². The second kappa shape index (κ2) is 3.09. The van der Waals surface area contributed by atoms with Crippen LogP contribution in [-0.2, 0) is 6.42 Å². The molecule has 1 heterocycles. The van der Waals surface area contributed by atoms with E-state index in [2.05, 4.69) is 6.07 Å². The van der Waals surface area contributed by atoms with E-state index in [1.807, 2.05) is 30.4 Å². The summed E-state index contributed by atoms with van der Waals surface area (Å²) in [5.74, 6) is 1.89. The SMILES string of the molecule is N=C1C=CC2=C(C1)Cc1ccccc1O2. The van der Waals surface area contributed by atoms with Crippen molar-refractivity contribution in [3.05, 3.63) is 53.3 Å². The molecule has 0 saturated carbocycles. The van der Waals surface area contributed by atoms with E-state index in [1.54, 1.807) is 0 Å². The molecular weight excluding hydrogens is 186 g/mol. The Hall–Kier alpha value is -1.83. The fraction of sp³-hybridized carbons (Fsp3) is 0.154. The summed E-state index contributed by atoms with van der Waals surface area (Å²) in [6.45, 7) is 0. The third-order valence-corrected chi connectivity index (χ3v) is 2.78. The van der Waals surface area contributed by atoms with Crippen LogP contribution in [0, 0.1) is 5.41 Å². The minimum absolute atomic E-state index is 0.664. The molecule has 0 amide bonds. The molecule has 0 fully saturated rings. The summed E-state index contributed by atoms with van der Waals surface area (Å²) in [5, 5.41) is 7.62. The molecule has 0 radical (unpaired) electrons. The highest BCUT2D eigenvalue weighted by atomic mass is 16.5. The molecule has 15 heavy (non-hydrogen) atoms. The molecule has 74 valence electrons. The van der Waals surface area contributed by atoms with E-state index in [0.717, 1.165) is 24.4 Å². The first-order chi connectivity index (χ1) is 7.33. The molecule has 1 aliphatic heterocycles. The van der Waals surface area contributed by atoms with E-state index >= 15 is 0 Å². The molecule has 2 nitrogen and oxygen atoms in total. The van der Waals surface area contributed by atoms with E-state index in [4.69, 9.17) is 10.1 Å². The van der Waals surface area contributed by atoms with E-state index in [9.17, 15) is 0 Å². The molecule has 3 rings (SSSR count). The lowest BCUT2D eigenvalue weighted by Gasteiger charge is -2.23. The summed E-state index contributed by atoms with van der Waals surface area (Å²) in [6, 6.07) is 8.09. The Bertz CT molecular complexity index is 497. The summed E-state index contributed by atoms with van der Waals surface area (Å²) in [4.78, 5) is 0. The van der Waals surface area contributed by atoms with Gasteiger partial charge in [-0.15, -0.1) is 0 Å². The van der Waals surface area contributed by atoms with Gasteiger partial charge in [-0.1, -0.05) is 18.2 Å². The van der Waals surface area contributed by atoms with Gasteiger partial charge < -0.3 is 10.1 Å². The van der Waals surface area contributed by atoms with Crippen molar-refractivity contribution < 1.29 is 4.74 Å². The maximum Gasteiger partial charge on any atom is 0.130 e. The van der Waals surface area contributed by atoms with Gasteiger partial charge in [-0.25, -0.2) is 0 Å². The monoisotopic (exact) mass is 197 g/mol. The van der Waals surface area contributed by atoms with Gasteiger partial charge in [-0.05, 0) is 29.4 Å². The smallest absolute Gasteiger partial charge is 0.130 e. The third-order valence-electron chi connectivity index (χ3n) is 2.78. The number of allylic oxidation sites excluding steroid dienone is 3. The maximum absolute atomic E-state index is 7.62. The number of benzene rings is 1. The van der Waals surface area contributed by atoms with Crippen LogP contribution in [0.3, 0.4) is 0 Å². The molecule has 0 saturated heterocycles. The van der Waals surface area contributed by atoms with Crippen molar-refractivity contribution in [3.63, 3.8) is 0 Å². The molecule has 0 spiro atoms. The number of rotatable bonds is 0. The van der Waals surface area contributed by atoms with Crippen molar-refractivity contribution >= 4 is 5.71 Å². The zero-order chi connectivity index (χ0) is 10.3. The van der Waals surface area contributed by atoms with Crippen molar-refractivity contribution in [2.24, 2.45) is 0 Å². The standard InChI is InChI=1S/C13H11NO/c14-11-5-6-13-10(8-11)7-9-3-1-2-4-12(9)15-13/h1-6,14H,7-8H2. The summed E-state index contributed by atoms with van der Waals surface area (Å²) >= 11 is 0. The first-order valence-electron chi connectivity index (χ1n) is 5.06. The molecular formula is C13H11NO. The normalized spacial score (nSPS) is 18.3. The zero-order valence-electron chi connectivity index (χ0n) is 8.29. The fourth-order valence-electron chi connectivity index (χ4n) is 2.02. The van der Waals surface area contributed by atoms with Crippen LogP contribution >= 0.6 is 0 Å². The highest BCUT2D eigenvalue weighted by Gasteiger charge is 2.20. The summed E-state index contributed by atoms with van der Waals surface area (Å²) < 4.78 is 5.78. The van der Waals surface area contributed by atoms with Crippen LogP contribution in [0.5, 0.6) is 5.75 Å². The second-order valence-electron chi connectivity index (χ2n) is 3.89.